The zero-order valence-corrected chi connectivity index (χ0v) is 11.8. The van der Waals surface area contributed by atoms with Crippen molar-refractivity contribution < 1.29 is 8.78 Å². The number of rotatable bonds is 8. The molecule has 0 amide bonds. The van der Waals surface area contributed by atoms with Gasteiger partial charge in [0.2, 0.25) is 0 Å². The fourth-order valence-electron chi connectivity index (χ4n) is 1.58. The summed E-state index contributed by atoms with van der Waals surface area (Å²) in [6.45, 7) is 6.23. The zero-order valence-electron chi connectivity index (χ0n) is 11.0. The number of halogens is 2. The molecule has 0 fully saturated rings. The minimum absolute atomic E-state index is 0.346. The first-order chi connectivity index (χ1) is 8.59. The normalized spacial score (nSPS) is 11.2. The summed E-state index contributed by atoms with van der Waals surface area (Å²) in [5.41, 5.74) is 0. The van der Waals surface area contributed by atoms with Crippen LogP contribution in [0, 0.1) is 17.6 Å². The highest BCUT2D eigenvalue weighted by molar-refractivity contribution is 7.99. The van der Waals surface area contributed by atoms with E-state index in [-0.39, 0.29) is 11.6 Å². The van der Waals surface area contributed by atoms with E-state index in [1.54, 1.807) is 0 Å². The van der Waals surface area contributed by atoms with E-state index in [0.29, 0.717) is 4.90 Å². The minimum Gasteiger partial charge on any atom is -0.316 e. The van der Waals surface area contributed by atoms with Crippen molar-refractivity contribution >= 4 is 11.8 Å². The fourth-order valence-corrected chi connectivity index (χ4v) is 2.45. The average molecular weight is 273 g/mol. The van der Waals surface area contributed by atoms with Gasteiger partial charge in [0.05, 0.1) is 0 Å². The monoisotopic (exact) mass is 273 g/mol. The summed E-state index contributed by atoms with van der Waals surface area (Å²) < 4.78 is 26.2. The molecule has 0 radical (unpaired) electrons. The molecule has 0 saturated carbocycles. The number of benzene rings is 1. The third-order valence-corrected chi connectivity index (χ3v) is 3.60. The van der Waals surface area contributed by atoms with Gasteiger partial charge < -0.3 is 5.32 Å². The van der Waals surface area contributed by atoms with Crippen LogP contribution in [0.1, 0.15) is 26.7 Å². The minimum atomic E-state index is -0.385. The summed E-state index contributed by atoms with van der Waals surface area (Å²) in [6.07, 6.45) is 2.38. The van der Waals surface area contributed by atoms with Crippen LogP contribution in [-0.4, -0.2) is 18.8 Å². The predicted octanol–water partition coefficient (Wildman–Crippen LogP) is 4.08. The van der Waals surface area contributed by atoms with Gasteiger partial charge >= 0.3 is 0 Å². The average Bonchev–Trinajstić information content (AvgIpc) is 2.32. The van der Waals surface area contributed by atoms with E-state index in [0.717, 1.165) is 37.2 Å². The Bertz CT molecular complexity index is 356. The van der Waals surface area contributed by atoms with Gasteiger partial charge in [0.25, 0.3) is 0 Å². The maximum atomic E-state index is 13.3. The van der Waals surface area contributed by atoms with Crippen molar-refractivity contribution in [2.24, 2.45) is 5.92 Å². The van der Waals surface area contributed by atoms with Gasteiger partial charge in [-0.25, -0.2) is 8.78 Å². The molecule has 0 unspecified atom stereocenters. The smallest absolute Gasteiger partial charge is 0.136 e. The van der Waals surface area contributed by atoms with Crippen LogP contribution < -0.4 is 5.32 Å². The first kappa shape index (κ1) is 15.4. The van der Waals surface area contributed by atoms with E-state index in [1.807, 2.05) is 0 Å². The number of hydrogen-bond donors (Lipinski definition) is 1. The highest BCUT2D eigenvalue weighted by atomic mass is 32.2. The molecule has 0 bridgehead atoms. The number of nitrogens with one attached hydrogen (secondary N) is 1. The number of thioether (sulfide) groups is 1. The summed E-state index contributed by atoms with van der Waals surface area (Å²) in [5, 5.41) is 3.31. The Labute approximate surface area is 112 Å². The van der Waals surface area contributed by atoms with E-state index in [4.69, 9.17) is 0 Å². The van der Waals surface area contributed by atoms with Crippen molar-refractivity contribution in [3.63, 3.8) is 0 Å². The Morgan fingerprint density at radius 2 is 2.00 bits per heavy atom. The van der Waals surface area contributed by atoms with Crippen LogP contribution in [0.25, 0.3) is 0 Å². The van der Waals surface area contributed by atoms with Crippen LogP contribution in [0.3, 0.4) is 0 Å². The van der Waals surface area contributed by atoms with Gasteiger partial charge in [0.1, 0.15) is 11.6 Å². The summed E-state index contributed by atoms with van der Waals surface area (Å²) in [6, 6.07) is 3.57. The van der Waals surface area contributed by atoms with Gasteiger partial charge in [-0.15, -0.1) is 11.8 Å². The molecule has 0 heterocycles. The van der Waals surface area contributed by atoms with Crippen LogP contribution in [0.5, 0.6) is 0 Å². The van der Waals surface area contributed by atoms with Gasteiger partial charge in [0, 0.05) is 17.2 Å². The molecule has 0 aromatic heterocycles. The van der Waals surface area contributed by atoms with Gasteiger partial charge in [-0.2, -0.15) is 0 Å². The van der Waals surface area contributed by atoms with Gasteiger partial charge in [-0.05, 0) is 43.5 Å². The lowest BCUT2D eigenvalue weighted by Gasteiger charge is -2.07. The second-order valence-electron chi connectivity index (χ2n) is 4.71. The van der Waals surface area contributed by atoms with E-state index < -0.39 is 0 Å². The van der Waals surface area contributed by atoms with Crippen molar-refractivity contribution in [3.8, 4) is 0 Å². The molecule has 4 heteroatoms. The molecule has 0 aliphatic heterocycles. The standard InChI is InChI=1S/C14H21F2NS/c1-11(2)4-3-7-17-8-9-18-14-10-12(15)5-6-13(14)16/h5-6,10-11,17H,3-4,7-9H2,1-2H3. The topological polar surface area (TPSA) is 12.0 Å². The van der Waals surface area contributed by atoms with Gasteiger partial charge in [-0.1, -0.05) is 13.8 Å². The maximum Gasteiger partial charge on any atom is 0.136 e. The van der Waals surface area contributed by atoms with E-state index >= 15 is 0 Å². The molecule has 1 nitrogen and oxygen atoms in total. The first-order valence-electron chi connectivity index (χ1n) is 6.38. The van der Waals surface area contributed by atoms with E-state index in [9.17, 15) is 8.78 Å². The third kappa shape index (κ3) is 6.36. The lowest BCUT2D eigenvalue weighted by atomic mass is 10.1. The van der Waals surface area contributed by atoms with Gasteiger partial charge in [-0.3, -0.25) is 0 Å². The maximum absolute atomic E-state index is 13.3. The first-order valence-corrected chi connectivity index (χ1v) is 7.36. The van der Waals surface area contributed by atoms with Crippen molar-refractivity contribution in [2.45, 2.75) is 31.6 Å². The molecule has 1 aromatic carbocycles. The Kier molecular flexibility index (Phi) is 7.28. The molecule has 1 N–H and O–H groups in total. The molecule has 0 aliphatic rings. The van der Waals surface area contributed by atoms with Crippen LogP contribution in [0.2, 0.25) is 0 Å². The van der Waals surface area contributed by atoms with Gasteiger partial charge in [0.15, 0.2) is 0 Å². The highest BCUT2D eigenvalue weighted by Crippen LogP contribution is 2.21. The quantitative estimate of drug-likeness (QED) is 0.566. The molecule has 102 valence electrons. The highest BCUT2D eigenvalue weighted by Gasteiger charge is 2.03. The second kappa shape index (κ2) is 8.48. The molecule has 1 aromatic rings. The zero-order chi connectivity index (χ0) is 13.4. The number of hydrogen-bond acceptors (Lipinski definition) is 2. The van der Waals surface area contributed by atoms with Crippen molar-refractivity contribution in [2.75, 3.05) is 18.8 Å². The molecule has 1 rings (SSSR count). The Balaban J connectivity index is 2.12. The Morgan fingerprint density at radius 3 is 2.72 bits per heavy atom. The van der Waals surface area contributed by atoms with Crippen LogP contribution >= 0.6 is 11.8 Å². The third-order valence-electron chi connectivity index (χ3n) is 2.56. The lowest BCUT2D eigenvalue weighted by Crippen LogP contribution is -2.18. The molecule has 0 aliphatic carbocycles. The molecular formula is C14H21F2NS. The molecule has 18 heavy (non-hydrogen) atoms. The van der Waals surface area contributed by atoms with Crippen molar-refractivity contribution in [1.82, 2.24) is 5.32 Å². The summed E-state index contributed by atoms with van der Waals surface area (Å²) in [7, 11) is 0. The van der Waals surface area contributed by atoms with E-state index in [1.165, 1.54) is 30.3 Å². The lowest BCUT2D eigenvalue weighted by molar-refractivity contribution is 0.534. The molecule has 0 spiro atoms. The molecular weight excluding hydrogens is 252 g/mol. The molecule has 0 atom stereocenters. The SMILES string of the molecule is CC(C)CCCNCCSc1cc(F)ccc1F. The summed E-state index contributed by atoms with van der Waals surface area (Å²) >= 11 is 1.35. The van der Waals surface area contributed by atoms with Crippen molar-refractivity contribution in [1.29, 1.82) is 0 Å². The Hall–Kier alpha value is -0.610. The van der Waals surface area contributed by atoms with Crippen molar-refractivity contribution in [3.05, 3.63) is 29.8 Å². The van der Waals surface area contributed by atoms with Crippen LogP contribution in [0.15, 0.2) is 23.1 Å². The Morgan fingerprint density at radius 1 is 1.22 bits per heavy atom. The predicted molar refractivity (Wildman–Crippen MR) is 74.0 cm³/mol. The van der Waals surface area contributed by atoms with Crippen LogP contribution in [-0.2, 0) is 0 Å². The largest absolute Gasteiger partial charge is 0.316 e. The fraction of sp³-hybridized carbons (Fsp3) is 0.571. The second-order valence-corrected chi connectivity index (χ2v) is 5.85. The van der Waals surface area contributed by atoms with E-state index in [2.05, 4.69) is 19.2 Å². The molecule has 0 saturated heterocycles. The summed E-state index contributed by atoms with van der Waals surface area (Å²) in [4.78, 5) is 0.388. The van der Waals surface area contributed by atoms with Crippen LogP contribution in [0.4, 0.5) is 8.78 Å². The summed E-state index contributed by atoms with van der Waals surface area (Å²) in [5.74, 6) is 0.759.